The van der Waals surface area contributed by atoms with E-state index in [1.165, 1.54) is 64.4 Å². The first-order valence-electron chi connectivity index (χ1n) is 7.58. The number of thioether (sulfide) groups is 1. The minimum absolute atomic E-state index is 0.743. The first-order valence-corrected chi connectivity index (χ1v) is 8.63. The van der Waals surface area contributed by atoms with Crippen molar-refractivity contribution in [3.05, 3.63) is 0 Å². The van der Waals surface area contributed by atoms with Gasteiger partial charge in [0.25, 0.3) is 0 Å². The Kier molecular flexibility index (Phi) is 6.29. The third-order valence-electron chi connectivity index (χ3n) is 4.30. The number of nitrogens with one attached hydrogen (secondary N) is 1. The zero-order valence-corrected chi connectivity index (χ0v) is 12.8. The minimum Gasteiger partial charge on any atom is -0.317 e. The Morgan fingerprint density at radius 3 is 2.67 bits per heavy atom. The van der Waals surface area contributed by atoms with Crippen LogP contribution in [0.2, 0.25) is 0 Å². The Labute approximate surface area is 117 Å². The molecular weight excluding hydrogens is 242 g/mol. The van der Waals surface area contributed by atoms with E-state index in [0.717, 1.165) is 11.3 Å². The van der Waals surface area contributed by atoms with E-state index in [1.807, 2.05) is 0 Å². The lowest BCUT2D eigenvalue weighted by molar-refractivity contribution is 0.0926. The highest BCUT2D eigenvalue weighted by Crippen LogP contribution is 2.20. The molecular formula is C14H29N3S. The second-order valence-electron chi connectivity index (χ2n) is 5.60. The zero-order chi connectivity index (χ0) is 12.8. The second kappa shape index (κ2) is 7.73. The van der Waals surface area contributed by atoms with Gasteiger partial charge in [0.05, 0.1) is 0 Å². The van der Waals surface area contributed by atoms with Gasteiger partial charge in [0.2, 0.25) is 0 Å². The lowest BCUT2D eigenvalue weighted by Crippen LogP contribution is -2.52. The summed E-state index contributed by atoms with van der Waals surface area (Å²) in [6.07, 6.45) is 2.73. The normalized spacial score (nSPS) is 28.7. The molecule has 0 radical (unpaired) electrons. The standard InChI is InChI=1S/C14H29N3S/c1-3-17-9-8-16(12-13(17)2)10-11-18-14-4-6-15-7-5-14/h13-15H,3-12H2,1-2H3. The molecule has 2 rings (SSSR count). The molecule has 2 aliphatic rings. The Morgan fingerprint density at radius 1 is 1.22 bits per heavy atom. The van der Waals surface area contributed by atoms with E-state index in [4.69, 9.17) is 0 Å². The molecule has 4 heteroatoms. The van der Waals surface area contributed by atoms with Gasteiger partial charge in [-0.3, -0.25) is 9.80 Å². The van der Waals surface area contributed by atoms with Crippen molar-refractivity contribution in [3.63, 3.8) is 0 Å². The van der Waals surface area contributed by atoms with Gasteiger partial charge in [-0.1, -0.05) is 6.92 Å². The van der Waals surface area contributed by atoms with Crippen LogP contribution < -0.4 is 5.32 Å². The first-order chi connectivity index (χ1) is 8.79. The van der Waals surface area contributed by atoms with E-state index in [0.29, 0.717) is 0 Å². The molecule has 0 saturated carbocycles. The maximum absolute atomic E-state index is 3.44. The second-order valence-corrected chi connectivity index (χ2v) is 7.01. The Morgan fingerprint density at radius 2 is 2.00 bits per heavy atom. The fourth-order valence-electron chi connectivity index (χ4n) is 3.05. The lowest BCUT2D eigenvalue weighted by Gasteiger charge is -2.39. The van der Waals surface area contributed by atoms with Crippen molar-refractivity contribution in [1.29, 1.82) is 0 Å². The van der Waals surface area contributed by atoms with Gasteiger partial charge in [0.15, 0.2) is 0 Å². The molecule has 0 aromatic carbocycles. The SMILES string of the molecule is CCN1CCN(CCSC2CCNCC2)CC1C. The molecule has 3 nitrogen and oxygen atoms in total. The quantitative estimate of drug-likeness (QED) is 0.816. The molecule has 1 unspecified atom stereocenters. The number of piperidine rings is 1. The first kappa shape index (κ1) is 14.6. The van der Waals surface area contributed by atoms with Gasteiger partial charge >= 0.3 is 0 Å². The van der Waals surface area contributed by atoms with Crippen LogP contribution in [0.3, 0.4) is 0 Å². The molecule has 0 aromatic heterocycles. The molecule has 1 atom stereocenters. The highest BCUT2D eigenvalue weighted by molar-refractivity contribution is 7.99. The molecule has 2 saturated heterocycles. The summed E-state index contributed by atoms with van der Waals surface area (Å²) in [5.74, 6) is 1.32. The van der Waals surface area contributed by atoms with E-state index in [-0.39, 0.29) is 0 Å². The van der Waals surface area contributed by atoms with E-state index in [9.17, 15) is 0 Å². The lowest BCUT2D eigenvalue weighted by atomic mass is 10.2. The van der Waals surface area contributed by atoms with Crippen LogP contribution in [0, 0.1) is 0 Å². The van der Waals surface area contributed by atoms with Crippen LogP contribution in [-0.2, 0) is 0 Å². The van der Waals surface area contributed by atoms with Crippen LogP contribution in [-0.4, -0.2) is 72.7 Å². The summed E-state index contributed by atoms with van der Waals surface area (Å²) in [6, 6.07) is 0.743. The topological polar surface area (TPSA) is 18.5 Å². The fourth-order valence-corrected chi connectivity index (χ4v) is 4.32. The Balaban J connectivity index is 1.59. The number of hydrogen-bond donors (Lipinski definition) is 1. The van der Waals surface area contributed by atoms with Gasteiger partial charge in [-0.15, -0.1) is 0 Å². The summed E-state index contributed by atoms with van der Waals surface area (Å²) in [6.45, 7) is 13.4. The number of hydrogen-bond acceptors (Lipinski definition) is 4. The molecule has 18 heavy (non-hydrogen) atoms. The zero-order valence-electron chi connectivity index (χ0n) is 12.0. The molecule has 0 bridgehead atoms. The number of nitrogens with zero attached hydrogens (tertiary/aromatic N) is 2. The van der Waals surface area contributed by atoms with Crippen LogP contribution in [0.1, 0.15) is 26.7 Å². The maximum Gasteiger partial charge on any atom is 0.0195 e. The Hall–Kier alpha value is 0.230. The van der Waals surface area contributed by atoms with Crippen molar-refractivity contribution in [3.8, 4) is 0 Å². The van der Waals surface area contributed by atoms with Crippen molar-refractivity contribution < 1.29 is 0 Å². The third kappa shape index (κ3) is 4.41. The van der Waals surface area contributed by atoms with Gasteiger partial charge in [0, 0.05) is 43.2 Å². The number of piperazine rings is 1. The van der Waals surface area contributed by atoms with Gasteiger partial charge in [-0.05, 0) is 39.4 Å². The van der Waals surface area contributed by atoms with Crippen molar-refractivity contribution in [2.24, 2.45) is 0 Å². The average molecular weight is 271 g/mol. The molecule has 1 N–H and O–H groups in total. The third-order valence-corrected chi connectivity index (χ3v) is 5.66. The van der Waals surface area contributed by atoms with E-state index in [2.05, 4.69) is 40.7 Å². The van der Waals surface area contributed by atoms with Gasteiger partial charge in [0.1, 0.15) is 0 Å². The van der Waals surface area contributed by atoms with E-state index in [1.54, 1.807) is 0 Å². The van der Waals surface area contributed by atoms with E-state index >= 15 is 0 Å². The monoisotopic (exact) mass is 271 g/mol. The molecule has 0 spiro atoms. The summed E-state index contributed by atoms with van der Waals surface area (Å²) in [5.41, 5.74) is 0. The highest BCUT2D eigenvalue weighted by Gasteiger charge is 2.22. The molecule has 0 aromatic rings. The van der Waals surface area contributed by atoms with Crippen molar-refractivity contribution in [2.45, 2.75) is 38.0 Å². The van der Waals surface area contributed by atoms with Gasteiger partial charge < -0.3 is 5.32 Å². The van der Waals surface area contributed by atoms with Gasteiger partial charge in [-0.25, -0.2) is 0 Å². The van der Waals surface area contributed by atoms with Crippen LogP contribution in [0.25, 0.3) is 0 Å². The molecule has 2 aliphatic heterocycles. The summed E-state index contributed by atoms with van der Waals surface area (Å²) in [4.78, 5) is 5.25. The molecule has 2 heterocycles. The smallest absolute Gasteiger partial charge is 0.0195 e. The number of rotatable bonds is 5. The molecule has 2 fully saturated rings. The summed E-state index contributed by atoms with van der Waals surface area (Å²) >= 11 is 2.20. The minimum atomic E-state index is 0.743. The summed E-state index contributed by atoms with van der Waals surface area (Å²) in [7, 11) is 0. The van der Waals surface area contributed by atoms with Crippen molar-refractivity contribution in [2.75, 3.05) is 51.6 Å². The van der Waals surface area contributed by atoms with Crippen molar-refractivity contribution >= 4 is 11.8 Å². The number of likely N-dealkylation sites (N-methyl/N-ethyl adjacent to an activating group) is 1. The van der Waals surface area contributed by atoms with Crippen molar-refractivity contribution in [1.82, 2.24) is 15.1 Å². The largest absolute Gasteiger partial charge is 0.317 e. The Bertz CT molecular complexity index is 231. The van der Waals surface area contributed by atoms with Crippen LogP contribution in [0.5, 0.6) is 0 Å². The van der Waals surface area contributed by atoms with Gasteiger partial charge in [-0.2, -0.15) is 11.8 Å². The van der Waals surface area contributed by atoms with E-state index < -0.39 is 0 Å². The van der Waals surface area contributed by atoms with Crippen LogP contribution in [0.15, 0.2) is 0 Å². The molecule has 106 valence electrons. The van der Waals surface area contributed by atoms with Crippen LogP contribution in [0.4, 0.5) is 0 Å². The average Bonchev–Trinajstić information content (AvgIpc) is 2.40. The predicted octanol–water partition coefficient (Wildman–Crippen LogP) is 1.50. The summed E-state index contributed by atoms with van der Waals surface area (Å²) < 4.78 is 0. The van der Waals surface area contributed by atoms with Crippen LogP contribution >= 0.6 is 11.8 Å². The molecule has 0 aliphatic carbocycles. The maximum atomic E-state index is 3.44. The molecule has 0 amide bonds. The fraction of sp³-hybridized carbons (Fsp3) is 1.00. The highest BCUT2D eigenvalue weighted by atomic mass is 32.2. The summed E-state index contributed by atoms with van der Waals surface area (Å²) in [5, 5.41) is 4.36. The predicted molar refractivity (Wildman–Crippen MR) is 81.5 cm³/mol.